The molecule has 1 aliphatic carbocycles. The van der Waals surface area contributed by atoms with Gasteiger partial charge in [0.25, 0.3) is 0 Å². The third kappa shape index (κ3) is 2.34. The molecule has 2 aliphatic rings. The van der Waals surface area contributed by atoms with Crippen LogP contribution >= 0.6 is 0 Å². The van der Waals surface area contributed by atoms with Gasteiger partial charge in [-0.1, -0.05) is 0 Å². The van der Waals surface area contributed by atoms with Gasteiger partial charge in [-0.15, -0.1) is 10.2 Å². The topological polar surface area (TPSA) is 104 Å². The Morgan fingerprint density at radius 3 is 2.92 bits per heavy atom. The number of aryl methyl sites for hydroxylation is 1. The quantitative estimate of drug-likeness (QED) is 0.745. The van der Waals surface area contributed by atoms with Gasteiger partial charge in [0.05, 0.1) is 10.9 Å². The number of hydrogen-bond acceptors (Lipinski definition) is 7. The average Bonchev–Trinajstić information content (AvgIpc) is 3.09. The molecule has 2 fully saturated rings. The summed E-state index contributed by atoms with van der Waals surface area (Å²) in [6, 6.07) is 2.00. The van der Waals surface area contributed by atoms with Gasteiger partial charge >= 0.3 is 11.8 Å². The summed E-state index contributed by atoms with van der Waals surface area (Å²) in [6.07, 6.45) is 6.27. The van der Waals surface area contributed by atoms with Gasteiger partial charge in [0, 0.05) is 32.8 Å². The summed E-state index contributed by atoms with van der Waals surface area (Å²) >= 11 is 0. The second-order valence-electron chi connectivity index (χ2n) is 7.02. The molecule has 1 amide bonds. The Morgan fingerprint density at radius 1 is 1.27 bits per heavy atom. The van der Waals surface area contributed by atoms with Crippen LogP contribution < -0.4 is 4.90 Å². The standard InChI is InChI=1S/C17H19N7O2/c1-11-21-22-15(26-11)16(25)24-8-2-7-23(9-17(24)4-5-17)14-12-3-6-18-13(12)19-10-20-14/h3,6,10H,2,4-5,7-9H2,1H3,(H,18,19,20). The maximum absolute atomic E-state index is 12.9. The van der Waals surface area contributed by atoms with Crippen LogP contribution in [0.4, 0.5) is 5.82 Å². The van der Waals surface area contributed by atoms with E-state index in [2.05, 4.69) is 30.0 Å². The van der Waals surface area contributed by atoms with E-state index in [9.17, 15) is 4.79 Å². The van der Waals surface area contributed by atoms with Crippen LogP contribution in [0.3, 0.4) is 0 Å². The van der Waals surface area contributed by atoms with Gasteiger partial charge in [-0.2, -0.15) is 0 Å². The lowest BCUT2D eigenvalue weighted by Crippen LogP contribution is -2.47. The number of nitrogens with zero attached hydrogens (tertiary/aromatic N) is 6. The number of amides is 1. The van der Waals surface area contributed by atoms with Gasteiger partial charge in [-0.05, 0) is 25.3 Å². The molecule has 0 aromatic carbocycles. The molecule has 1 N–H and O–H groups in total. The van der Waals surface area contributed by atoms with Gasteiger partial charge in [0.1, 0.15) is 17.8 Å². The van der Waals surface area contributed by atoms with Crippen LogP contribution in [-0.4, -0.2) is 61.1 Å². The minimum atomic E-state index is -0.177. The summed E-state index contributed by atoms with van der Waals surface area (Å²) in [6.45, 7) is 3.96. The fraction of sp³-hybridized carbons (Fsp3) is 0.471. The van der Waals surface area contributed by atoms with E-state index in [4.69, 9.17) is 4.42 Å². The van der Waals surface area contributed by atoms with Gasteiger partial charge in [0.15, 0.2) is 0 Å². The van der Waals surface area contributed by atoms with Gasteiger partial charge in [-0.25, -0.2) is 9.97 Å². The number of rotatable bonds is 2. The molecule has 0 bridgehead atoms. The summed E-state index contributed by atoms with van der Waals surface area (Å²) in [5.74, 6) is 1.24. The highest BCUT2D eigenvalue weighted by molar-refractivity contribution is 5.91. The van der Waals surface area contributed by atoms with Crippen molar-refractivity contribution in [1.82, 2.24) is 30.0 Å². The highest BCUT2D eigenvalue weighted by atomic mass is 16.4. The average molecular weight is 353 g/mol. The second kappa shape index (κ2) is 5.52. The molecule has 0 atom stereocenters. The highest BCUT2D eigenvalue weighted by Gasteiger charge is 2.53. The molecule has 1 saturated carbocycles. The minimum Gasteiger partial charge on any atom is -0.417 e. The van der Waals surface area contributed by atoms with Crippen LogP contribution in [0.2, 0.25) is 0 Å². The van der Waals surface area contributed by atoms with Crippen LogP contribution in [0.15, 0.2) is 23.0 Å². The first-order chi connectivity index (χ1) is 12.7. The van der Waals surface area contributed by atoms with Crippen molar-refractivity contribution in [1.29, 1.82) is 0 Å². The Bertz CT molecular complexity index is 974. The van der Waals surface area contributed by atoms with Crippen molar-refractivity contribution in [2.75, 3.05) is 24.5 Å². The Balaban J connectivity index is 1.46. The van der Waals surface area contributed by atoms with E-state index in [0.29, 0.717) is 12.4 Å². The van der Waals surface area contributed by atoms with Crippen LogP contribution in [0, 0.1) is 6.92 Å². The number of carbonyl (C=O) groups excluding carboxylic acids is 1. The lowest BCUT2D eigenvalue weighted by Gasteiger charge is -2.31. The van der Waals surface area contributed by atoms with E-state index in [1.54, 1.807) is 13.3 Å². The largest absolute Gasteiger partial charge is 0.417 e. The Morgan fingerprint density at radius 2 is 2.15 bits per heavy atom. The summed E-state index contributed by atoms with van der Waals surface area (Å²) in [5, 5.41) is 8.71. The molecule has 1 saturated heterocycles. The zero-order valence-corrected chi connectivity index (χ0v) is 14.5. The van der Waals surface area contributed by atoms with Gasteiger partial charge in [0.2, 0.25) is 5.89 Å². The summed E-state index contributed by atoms with van der Waals surface area (Å²) in [5.41, 5.74) is 0.655. The lowest BCUT2D eigenvalue weighted by molar-refractivity contribution is 0.0627. The van der Waals surface area contributed by atoms with Crippen molar-refractivity contribution in [2.45, 2.75) is 31.7 Å². The zero-order chi connectivity index (χ0) is 17.7. The Hall–Kier alpha value is -2.97. The van der Waals surface area contributed by atoms with Crippen molar-refractivity contribution < 1.29 is 9.21 Å². The number of fused-ring (bicyclic) bond motifs is 1. The smallest absolute Gasteiger partial charge is 0.311 e. The molecule has 0 unspecified atom stereocenters. The first-order valence-corrected chi connectivity index (χ1v) is 8.81. The van der Waals surface area contributed by atoms with Crippen molar-refractivity contribution >= 4 is 22.8 Å². The monoisotopic (exact) mass is 353 g/mol. The number of hydrogen-bond donors (Lipinski definition) is 1. The third-order valence-electron chi connectivity index (χ3n) is 5.28. The Labute approximate surface area is 149 Å². The number of aromatic amines is 1. The molecule has 1 aliphatic heterocycles. The number of carbonyl (C=O) groups is 1. The first-order valence-electron chi connectivity index (χ1n) is 8.81. The molecule has 26 heavy (non-hydrogen) atoms. The lowest BCUT2D eigenvalue weighted by atomic mass is 10.2. The van der Waals surface area contributed by atoms with E-state index >= 15 is 0 Å². The van der Waals surface area contributed by atoms with E-state index in [1.165, 1.54) is 0 Å². The normalized spacial score (nSPS) is 19.1. The summed E-state index contributed by atoms with van der Waals surface area (Å²) < 4.78 is 5.37. The van der Waals surface area contributed by atoms with Crippen LogP contribution in [0.25, 0.3) is 11.0 Å². The van der Waals surface area contributed by atoms with E-state index in [0.717, 1.165) is 49.2 Å². The molecule has 134 valence electrons. The van der Waals surface area contributed by atoms with E-state index < -0.39 is 0 Å². The van der Waals surface area contributed by atoms with Crippen LogP contribution in [0.1, 0.15) is 35.8 Å². The van der Waals surface area contributed by atoms with E-state index in [1.807, 2.05) is 17.2 Å². The summed E-state index contributed by atoms with van der Waals surface area (Å²) in [4.78, 5) is 29.0. The fourth-order valence-electron chi connectivity index (χ4n) is 3.86. The number of H-pyrrole nitrogens is 1. The zero-order valence-electron chi connectivity index (χ0n) is 14.5. The third-order valence-corrected chi connectivity index (χ3v) is 5.28. The minimum absolute atomic E-state index is 0.0808. The summed E-state index contributed by atoms with van der Waals surface area (Å²) in [7, 11) is 0. The molecule has 3 aromatic rings. The molecule has 9 nitrogen and oxygen atoms in total. The van der Waals surface area contributed by atoms with E-state index in [-0.39, 0.29) is 17.3 Å². The molecule has 3 aromatic heterocycles. The van der Waals surface area contributed by atoms with Crippen molar-refractivity contribution in [2.24, 2.45) is 0 Å². The molecule has 9 heteroatoms. The molecular weight excluding hydrogens is 334 g/mol. The van der Waals surface area contributed by atoms with Crippen LogP contribution in [-0.2, 0) is 0 Å². The maximum Gasteiger partial charge on any atom is 0.311 e. The van der Waals surface area contributed by atoms with Crippen molar-refractivity contribution in [3.05, 3.63) is 30.4 Å². The predicted octanol–water partition coefficient (Wildman–Crippen LogP) is 1.53. The predicted molar refractivity (Wildman–Crippen MR) is 92.8 cm³/mol. The van der Waals surface area contributed by atoms with Crippen molar-refractivity contribution in [3.8, 4) is 0 Å². The highest BCUT2D eigenvalue weighted by Crippen LogP contribution is 2.45. The molecular formula is C17H19N7O2. The molecule has 5 rings (SSSR count). The Kier molecular flexibility index (Phi) is 3.25. The molecule has 0 radical (unpaired) electrons. The molecule has 1 spiro atoms. The molecule has 4 heterocycles. The second-order valence-corrected chi connectivity index (χ2v) is 7.02. The maximum atomic E-state index is 12.9. The van der Waals surface area contributed by atoms with Gasteiger partial charge in [-0.3, -0.25) is 4.79 Å². The number of aromatic nitrogens is 5. The first kappa shape index (κ1) is 15.3. The van der Waals surface area contributed by atoms with Crippen LogP contribution in [0.5, 0.6) is 0 Å². The number of anilines is 1. The number of nitrogens with one attached hydrogen (secondary N) is 1. The SMILES string of the molecule is Cc1nnc(C(=O)N2CCCN(c3ncnc4[nH]ccc34)CC23CC3)o1. The van der Waals surface area contributed by atoms with Crippen molar-refractivity contribution in [3.63, 3.8) is 0 Å². The fourth-order valence-corrected chi connectivity index (χ4v) is 3.86. The van der Waals surface area contributed by atoms with Gasteiger partial charge < -0.3 is 19.2 Å².